The molecule has 0 aliphatic heterocycles. The lowest BCUT2D eigenvalue weighted by molar-refractivity contribution is 0.286. The van der Waals surface area contributed by atoms with Crippen LogP contribution in [0.15, 0.2) is 12.2 Å². The summed E-state index contributed by atoms with van der Waals surface area (Å²) >= 11 is 0. The molecule has 0 saturated heterocycles. The summed E-state index contributed by atoms with van der Waals surface area (Å²) in [6.07, 6.45) is 5.70. The molecular formula is C10H20. The van der Waals surface area contributed by atoms with Crippen molar-refractivity contribution in [2.24, 2.45) is 11.3 Å². The molecule has 1 atom stereocenters. The Balaban J connectivity index is 4.07. The van der Waals surface area contributed by atoms with Crippen LogP contribution in [0.2, 0.25) is 0 Å². The first-order valence-corrected chi connectivity index (χ1v) is 4.15. The van der Waals surface area contributed by atoms with Gasteiger partial charge in [0.25, 0.3) is 0 Å². The minimum atomic E-state index is 0.432. The van der Waals surface area contributed by atoms with Gasteiger partial charge in [0.05, 0.1) is 0 Å². The molecule has 0 aliphatic rings. The summed E-state index contributed by atoms with van der Waals surface area (Å²) in [5.74, 6) is 0.734. The molecule has 0 amide bonds. The molecule has 0 fully saturated rings. The van der Waals surface area contributed by atoms with E-state index in [0.717, 1.165) is 5.92 Å². The molecular weight excluding hydrogens is 120 g/mol. The van der Waals surface area contributed by atoms with E-state index in [-0.39, 0.29) is 0 Å². The Morgan fingerprint density at radius 3 is 1.90 bits per heavy atom. The van der Waals surface area contributed by atoms with Crippen molar-refractivity contribution in [3.05, 3.63) is 12.2 Å². The topological polar surface area (TPSA) is 0 Å². The van der Waals surface area contributed by atoms with Crippen molar-refractivity contribution in [2.45, 2.75) is 41.0 Å². The van der Waals surface area contributed by atoms with E-state index in [1.54, 1.807) is 0 Å². The molecule has 0 saturated carbocycles. The maximum atomic E-state index is 2.31. The Morgan fingerprint density at radius 1 is 1.30 bits per heavy atom. The van der Waals surface area contributed by atoms with Crippen LogP contribution in [0.1, 0.15) is 41.0 Å². The maximum Gasteiger partial charge on any atom is -0.0187 e. The zero-order chi connectivity index (χ0) is 8.20. The second kappa shape index (κ2) is 3.80. The summed E-state index contributed by atoms with van der Waals surface area (Å²) in [5, 5.41) is 0. The average Bonchev–Trinajstić information content (AvgIpc) is 1.80. The van der Waals surface area contributed by atoms with E-state index in [1.807, 2.05) is 0 Å². The van der Waals surface area contributed by atoms with E-state index in [4.69, 9.17) is 0 Å². The number of rotatable bonds is 2. The lowest BCUT2D eigenvalue weighted by Gasteiger charge is -2.26. The highest BCUT2D eigenvalue weighted by atomic mass is 14.2. The molecule has 0 N–H and O–H groups in total. The predicted molar refractivity (Wildman–Crippen MR) is 48.1 cm³/mol. The molecule has 0 heterocycles. The molecule has 60 valence electrons. The second-order valence-corrected chi connectivity index (χ2v) is 3.91. The van der Waals surface area contributed by atoms with Crippen molar-refractivity contribution >= 4 is 0 Å². The van der Waals surface area contributed by atoms with Crippen LogP contribution in [0.3, 0.4) is 0 Å². The molecule has 0 nitrogen and oxygen atoms in total. The van der Waals surface area contributed by atoms with Crippen LogP contribution in [-0.4, -0.2) is 0 Å². The molecule has 0 aromatic heterocycles. The van der Waals surface area contributed by atoms with Crippen molar-refractivity contribution in [1.82, 2.24) is 0 Å². The van der Waals surface area contributed by atoms with Crippen molar-refractivity contribution in [1.29, 1.82) is 0 Å². The molecule has 0 aromatic rings. The first-order chi connectivity index (χ1) is 4.52. The van der Waals surface area contributed by atoms with E-state index in [0.29, 0.717) is 5.41 Å². The first kappa shape index (κ1) is 9.74. The zero-order valence-electron chi connectivity index (χ0n) is 7.94. The molecule has 10 heavy (non-hydrogen) atoms. The van der Waals surface area contributed by atoms with Crippen molar-refractivity contribution in [3.63, 3.8) is 0 Å². The molecule has 0 aliphatic carbocycles. The fraction of sp³-hybridized carbons (Fsp3) is 0.800. The van der Waals surface area contributed by atoms with E-state index in [2.05, 4.69) is 46.8 Å². The Morgan fingerprint density at radius 2 is 1.80 bits per heavy atom. The maximum absolute atomic E-state index is 2.31. The third-order valence-corrected chi connectivity index (χ3v) is 1.98. The van der Waals surface area contributed by atoms with Gasteiger partial charge in [-0.05, 0) is 24.7 Å². The first-order valence-electron chi connectivity index (χ1n) is 4.15. The lowest BCUT2D eigenvalue weighted by atomic mass is 9.79. The van der Waals surface area contributed by atoms with Gasteiger partial charge >= 0.3 is 0 Å². The minimum absolute atomic E-state index is 0.432. The van der Waals surface area contributed by atoms with E-state index < -0.39 is 0 Å². The van der Waals surface area contributed by atoms with Crippen LogP contribution in [0, 0.1) is 11.3 Å². The fourth-order valence-corrected chi connectivity index (χ4v) is 1.27. The highest BCUT2D eigenvalue weighted by Crippen LogP contribution is 2.29. The van der Waals surface area contributed by atoms with Gasteiger partial charge in [0.15, 0.2) is 0 Å². The quantitative estimate of drug-likeness (QED) is 0.514. The predicted octanol–water partition coefficient (Wildman–Crippen LogP) is 3.63. The number of hydrogen-bond acceptors (Lipinski definition) is 0. The van der Waals surface area contributed by atoms with E-state index in [9.17, 15) is 0 Å². The monoisotopic (exact) mass is 140 g/mol. The number of hydrogen-bond donors (Lipinski definition) is 0. The second-order valence-electron chi connectivity index (χ2n) is 3.91. The molecule has 0 aromatic carbocycles. The molecule has 0 heteroatoms. The Bertz CT molecular complexity index is 104. The minimum Gasteiger partial charge on any atom is -0.0914 e. The third kappa shape index (κ3) is 3.05. The smallest absolute Gasteiger partial charge is 0.0187 e. The molecule has 0 spiro atoms. The molecule has 0 rings (SSSR count). The van der Waals surface area contributed by atoms with Crippen LogP contribution in [0.5, 0.6) is 0 Å². The fourth-order valence-electron chi connectivity index (χ4n) is 1.27. The van der Waals surface area contributed by atoms with E-state index >= 15 is 0 Å². The summed E-state index contributed by atoms with van der Waals surface area (Å²) in [5.41, 5.74) is 0.432. The van der Waals surface area contributed by atoms with Crippen molar-refractivity contribution in [3.8, 4) is 0 Å². The standard InChI is InChI=1S/C10H20/c1-6-8-9(7-2)10(3,4)5/h6,8-9H,7H2,1-5H3. The molecule has 0 radical (unpaired) electrons. The van der Waals surface area contributed by atoms with Gasteiger partial charge in [0, 0.05) is 0 Å². The Labute approximate surface area is 65.3 Å². The van der Waals surface area contributed by atoms with Gasteiger partial charge in [-0.25, -0.2) is 0 Å². The van der Waals surface area contributed by atoms with E-state index in [1.165, 1.54) is 6.42 Å². The van der Waals surface area contributed by atoms with Gasteiger partial charge in [-0.3, -0.25) is 0 Å². The number of allylic oxidation sites excluding steroid dienone is 2. The van der Waals surface area contributed by atoms with Gasteiger partial charge in [-0.15, -0.1) is 0 Å². The zero-order valence-corrected chi connectivity index (χ0v) is 7.94. The van der Waals surface area contributed by atoms with Gasteiger partial charge in [-0.1, -0.05) is 39.8 Å². The third-order valence-electron chi connectivity index (χ3n) is 1.98. The van der Waals surface area contributed by atoms with Crippen LogP contribution in [0.25, 0.3) is 0 Å². The highest BCUT2D eigenvalue weighted by molar-refractivity contribution is 4.91. The summed E-state index contributed by atoms with van der Waals surface area (Å²) < 4.78 is 0. The van der Waals surface area contributed by atoms with Crippen LogP contribution >= 0.6 is 0 Å². The van der Waals surface area contributed by atoms with Crippen molar-refractivity contribution in [2.75, 3.05) is 0 Å². The van der Waals surface area contributed by atoms with Crippen LogP contribution < -0.4 is 0 Å². The Kier molecular flexibility index (Phi) is 3.70. The van der Waals surface area contributed by atoms with Crippen molar-refractivity contribution < 1.29 is 0 Å². The summed E-state index contributed by atoms with van der Waals surface area (Å²) in [6.45, 7) is 11.2. The van der Waals surface area contributed by atoms with Gasteiger partial charge in [0.1, 0.15) is 0 Å². The largest absolute Gasteiger partial charge is 0.0914 e. The van der Waals surface area contributed by atoms with Gasteiger partial charge in [0.2, 0.25) is 0 Å². The average molecular weight is 140 g/mol. The Hall–Kier alpha value is -0.260. The molecule has 1 unspecified atom stereocenters. The molecule has 0 bridgehead atoms. The highest BCUT2D eigenvalue weighted by Gasteiger charge is 2.19. The van der Waals surface area contributed by atoms with Crippen LogP contribution in [0.4, 0.5) is 0 Å². The normalized spacial score (nSPS) is 16.1. The summed E-state index contributed by atoms with van der Waals surface area (Å²) in [6, 6.07) is 0. The van der Waals surface area contributed by atoms with Crippen LogP contribution in [-0.2, 0) is 0 Å². The van der Waals surface area contributed by atoms with Gasteiger partial charge < -0.3 is 0 Å². The SMILES string of the molecule is CC=CC(CC)C(C)(C)C. The van der Waals surface area contributed by atoms with Gasteiger partial charge in [-0.2, -0.15) is 0 Å². The summed E-state index contributed by atoms with van der Waals surface area (Å²) in [4.78, 5) is 0. The lowest BCUT2D eigenvalue weighted by Crippen LogP contribution is -2.17. The summed E-state index contributed by atoms with van der Waals surface area (Å²) in [7, 11) is 0.